The number of para-hydroxylation sites is 1. The number of benzene rings is 1. The van der Waals surface area contributed by atoms with E-state index in [2.05, 4.69) is 40.4 Å². The van der Waals surface area contributed by atoms with Crippen LogP contribution in [0.5, 0.6) is 0 Å². The van der Waals surface area contributed by atoms with Gasteiger partial charge in [0.15, 0.2) is 5.82 Å². The van der Waals surface area contributed by atoms with Gasteiger partial charge in [0, 0.05) is 41.1 Å². The highest BCUT2D eigenvalue weighted by Crippen LogP contribution is 2.33. The van der Waals surface area contributed by atoms with E-state index in [0.717, 1.165) is 30.0 Å². The summed E-state index contributed by atoms with van der Waals surface area (Å²) in [7, 11) is 0. The lowest BCUT2D eigenvalue weighted by molar-refractivity contribution is 0.144. The predicted molar refractivity (Wildman–Crippen MR) is 119 cm³/mol. The molecule has 4 aromatic rings. The lowest BCUT2D eigenvalue weighted by atomic mass is 10.0. The fraction of sp³-hybridized carbons (Fsp3) is 0.227. The van der Waals surface area contributed by atoms with Crippen LogP contribution in [0.4, 0.5) is 0 Å². The summed E-state index contributed by atoms with van der Waals surface area (Å²) in [4.78, 5) is 8.22. The second-order valence-corrected chi connectivity index (χ2v) is 8.56. The quantitative estimate of drug-likeness (QED) is 0.431. The maximum Gasteiger partial charge on any atom is 0.204 e. The molecule has 1 aromatic carbocycles. The Morgan fingerprint density at radius 2 is 2.00 bits per heavy atom. The molecule has 5 rings (SSSR count). The molecular formula is C22H21N5S2. The molecule has 1 aliphatic heterocycles. The van der Waals surface area contributed by atoms with Crippen molar-refractivity contribution in [2.24, 2.45) is 0 Å². The van der Waals surface area contributed by atoms with Crippen LogP contribution in [0.15, 0.2) is 66.3 Å². The van der Waals surface area contributed by atoms with Crippen LogP contribution in [0.3, 0.4) is 0 Å². The molecule has 7 heteroatoms. The van der Waals surface area contributed by atoms with Gasteiger partial charge in [-0.05, 0) is 66.8 Å². The van der Waals surface area contributed by atoms with Gasteiger partial charge in [-0.25, -0.2) is 4.68 Å². The molecule has 5 nitrogen and oxygen atoms in total. The van der Waals surface area contributed by atoms with E-state index in [1.54, 1.807) is 6.20 Å². The lowest BCUT2D eigenvalue weighted by Gasteiger charge is -2.33. The molecule has 1 unspecified atom stereocenters. The van der Waals surface area contributed by atoms with Crippen molar-refractivity contribution in [2.45, 2.75) is 26.1 Å². The monoisotopic (exact) mass is 419 g/mol. The van der Waals surface area contributed by atoms with Crippen molar-refractivity contribution in [3.63, 3.8) is 0 Å². The van der Waals surface area contributed by atoms with E-state index >= 15 is 0 Å². The Labute approximate surface area is 178 Å². The molecule has 146 valence electrons. The molecule has 0 N–H and O–H groups in total. The second kappa shape index (κ2) is 7.67. The van der Waals surface area contributed by atoms with Crippen LogP contribution in [-0.4, -0.2) is 30.8 Å². The Kier molecular flexibility index (Phi) is 4.87. The first kappa shape index (κ1) is 18.4. The van der Waals surface area contributed by atoms with Gasteiger partial charge >= 0.3 is 0 Å². The first-order valence-corrected chi connectivity index (χ1v) is 11.0. The summed E-state index contributed by atoms with van der Waals surface area (Å²) >= 11 is 7.74. The number of aromatic nitrogens is 4. The van der Waals surface area contributed by atoms with Gasteiger partial charge in [-0.2, -0.15) is 0 Å². The number of rotatable bonds is 4. The van der Waals surface area contributed by atoms with E-state index in [9.17, 15) is 0 Å². The van der Waals surface area contributed by atoms with Gasteiger partial charge in [0.05, 0.1) is 6.67 Å². The number of nitrogens with zero attached hydrogens (tertiary/aromatic N) is 5. The molecular weight excluding hydrogens is 398 g/mol. The summed E-state index contributed by atoms with van der Waals surface area (Å²) in [6, 6.07) is 16.7. The Bertz CT molecular complexity index is 1180. The van der Waals surface area contributed by atoms with Gasteiger partial charge in [0.1, 0.15) is 0 Å². The van der Waals surface area contributed by atoms with Crippen LogP contribution in [0.2, 0.25) is 0 Å². The van der Waals surface area contributed by atoms with Crippen molar-refractivity contribution in [3.8, 4) is 17.1 Å². The van der Waals surface area contributed by atoms with Gasteiger partial charge in [-0.3, -0.25) is 14.5 Å². The number of pyridine rings is 1. The minimum atomic E-state index is 0.357. The van der Waals surface area contributed by atoms with Crippen LogP contribution >= 0.6 is 23.6 Å². The fourth-order valence-electron chi connectivity index (χ4n) is 3.92. The molecule has 0 spiro atoms. The zero-order valence-corrected chi connectivity index (χ0v) is 17.7. The molecule has 1 aliphatic rings. The molecule has 0 radical (unpaired) electrons. The Morgan fingerprint density at radius 1 is 1.14 bits per heavy atom. The zero-order valence-electron chi connectivity index (χ0n) is 16.1. The summed E-state index contributed by atoms with van der Waals surface area (Å²) in [6.07, 6.45) is 4.69. The van der Waals surface area contributed by atoms with Crippen LogP contribution < -0.4 is 0 Å². The molecule has 0 amide bonds. The van der Waals surface area contributed by atoms with Crippen LogP contribution in [-0.2, 0) is 13.1 Å². The summed E-state index contributed by atoms with van der Waals surface area (Å²) in [5.74, 6) is 0.815. The highest BCUT2D eigenvalue weighted by molar-refractivity contribution is 7.71. The van der Waals surface area contributed by atoms with Crippen molar-refractivity contribution < 1.29 is 0 Å². The summed E-state index contributed by atoms with van der Waals surface area (Å²) < 4.78 is 4.67. The molecule has 0 fully saturated rings. The topological polar surface area (TPSA) is 38.9 Å². The fourth-order valence-corrected chi connectivity index (χ4v) is 5.17. The first-order valence-electron chi connectivity index (χ1n) is 9.68. The van der Waals surface area contributed by atoms with Gasteiger partial charge in [-0.1, -0.05) is 18.2 Å². The molecule has 0 bridgehead atoms. The molecule has 3 aromatic heterocycles. The number of thiophene rings is 1. The first-order chi connectivity index (χ1) is 14.2. The minimum Gasteiger partial charge on any atom is -0.277 e. The molecule has 29 heavy (non-hydrogen) atoms. The molecule has 0 saturated carbocycles. The SMILES string of the molecule is CC1c2ccsc2CCN1Cn1nc(-c2cccnc2)n(-c2ccccc2)c1=S. The van der Waals surface area contributed by atoms with Gasteiger partial charge in [0.25, 0.3) is 0 Å². The van der Waals surface area contributed by atoms with Crippen LogP contribution in [0.1, 0.15) is 23.4 Å². The number of hydrogen-bond acceptors (Lipinski definition) is 5. The molecule has 1 atom stereocenters. The number of fused-ring (bicyclic) bond motifs is 1. The van der Waals surface area contributed by atoms with E-state index in [1.807, 2.05) is 57.1 Å². The second-order valence-electron chi connectivity index (χ2n) is 7.20. The molecule has 4 heterocycles. The van der Waals surface area contributed by atoms with Crippen molar-refractivity contribution in [1.82, 2.24) is 24.2 Å². The highest BCUT2D eigenvalue weighted by atomic mass is 32.1. The lowest BCUT2D eigenvalue weighted by Crippen LogP contribution is -2.35. The number of hydrogen-bond donors (Lipinski definition) is 0. The van der Waals surface area contributed by atoms with E-state index in [1.165, 1.54) is 10.4 Å². The highest BCUT2D eigenvalue weighted by Gasteiger charge is 2.26. The van der Waals surface area contributed by atoms with Crippen LogP contribution in [0.25, 0.3) is 17.1 Å². The molecule has 0 aliphatic carbocycles. The normalized spacial score (nSPS) is 16.7. The minimum absolute atomic E-state index is 0.357. The van der Waals surface area contributed by atoms with E-state index in [0.29, 0.717) is 17.5 Å². The maximum atomic E-state index is 5.88. The third-order valence-electron chi connectivity index (χ3n) is 5.49. The van der Waals surface area contributed by atoms with Gasteiger partial charge in [0.2, 0.25) is 4.77 Å². The van der Waals surface area contributed by atoms with Crippen molar-refractivity contribution >= 4 is 23.6 Å². The standard InChI is InChI=1S/C22H21N5S2/c1-16-19-10-13-29-20(19)9-12-25(16)15-26-22(28)27(18-7-3-2-4-8-18)21(24-26)17-6-5-11-23-14-17/h2-8,10-11,13-14,16H,9,12,15H2,1H3. The summed E-state index contributed by atoms with van der Waals surface area (Å²) in [5.41, 5.74) is 3.39. The van der Waals surface area contributed by atoms with E-state index < -0.39 is 0 Å². The zero-order chi connectivity index (χ0) is 19.8. The van der Waals surface area contributed by atoms with E-state index in [-0.39, 0.29) is 0 Å². The largest absolute Gasteiger partial charge is 0.277 e. The Hall–Kier alpha value is -2.61. The average molecular weight is 420 g/mol. The summed E-state index contributed by atoms with van der Waals surface area (Å²) in [6.45, 7) is 3.95. The third kappa shape index (κ3) is 3.35. The predicted octanol–water partition coefficient (Wildman–Crippen LogP) is 5.10. The van der Waals surface area contributed by atoms with Crippen molar-refractivity contribution in [1.29, 1.82) is 0 Å². The Morgan fingerprint density at radius 3 is 2.79 bits per heavy atom. The van der Waals surface area contributed by atoms with E-state index in [4.69, 9.17) is 17.3 Å². The molecule has 0 saturated heterocycles. The smallest absolute Gasteiger partial charge is 0.204 e. The average Bonchev–Trinajstić information content (AvgIpc) is 3.37. The van der Waals surface area contributed by atoms with Crippen molar-refractivity contribution in [2.75, 3.05) is 6.54 Å². The maximum absolute atomic E-state index is 5.88. The van der Waals surface area contributed by atoms with Crippen LogP contribution in [0, 0.1) is 4.77 Å². The summed E-state index contributed by atoms with van der Waals surface area (Å²) in [5, 5.41) is 7.12. The third-order valence-corrected chi connectivity index (χ3v) is 6.88. The van der Waals surface area contributed by atoms with Gasteiger partial charge in [-0.15, -0.1) is 16.4 Å². The van der Waals surface area contributed by atoms with Gasteiger partial charge < -0.3 is 0 Å². The van der Waals surface area contributed by atoms with Crippen molar-refractivity contribution in [3.05, 3.63) is 81.5 Å². The Balaban J connectivity index is 1.56.